The van der Waals surface area contributed by atoms with Crippen LogP contribution in [0, 0.1) is 11.8 Å². The summed E-state index contributed by atoms with van der Waals surface area (Å²) in [5.74, 6) is 1.84. The van der Waals surface area contributed by atoms with E-state index in [9.17, 15) is 0 Å². The average Bonchev–Trinajstić information content (AvgIpc) is 2.78. The van der Waals surface area contributed by atoms with Crippen LogP contribution in [-0.2, 0) is 0 Å². The summed E-state index contributed by atoms with van der Waals surface area (Å²) in [5.41, 5.74) is 5.68. The van der Waals surface area contributed by atoms with Gasteiger partial charge in [-0.2, -0.15) is 0 Å². The lowest BCUT2D eigenvalue weighted by Crippen LogP contribution is -2.25. The van der Waals surface area contributed by atoms with Crippen molar-refractivity contribution in [3.63, 3.8) is 0 Å². The van der Waals surface area contributed by atoms with Gasteiger partial charge in [-0.25, -0.2) is 0 Å². The Kier molecular flexibility index (Phi) is 2.37. The van der Waals surface area contributed by atoms with Gasteiger partial charge in [0.15, 0.2) is 0 Å². The second-order valence-electron chi connectivity index (χ2n) is 4.61. The van der Waals surface area contributed by atoms with Gasteiger partial charge in [-0.05, 0) is 38.3 Å². The molecule has 0 spiro atoms. The molecule has 0 aromatic carbocycles. The van der Waals surface area contributed by atoms with E-state index in [0.29, 0.717) is 0 Å². The molecule has 2 atom stereocenters. The second-order valence-corrected chi connectivity index (χ2v) is 4.61. The van der Waals surface area contributed by atoms with E-state index in [0.717, 1.165) is 24.4 Å². The standard InChI is InChI=1S/C10H20N2/c1-12-7-9(6-11)5-10(12)4-8-2-3-8/h8-10H,2-7,11H2,1H3. The number of rotatable bonds is 3. The Labute approximate surface area is 75.1 Å². The average molecular weight is 168 g/mol. The molecule has 2 heteroatoms. The van der Waals surface area contributed by atoms with Gasteiger partial charge in [0.2, 0.25) is 0 Å². The molecular formula is C10H20N2. The number of hydrogen-bond donors (Lipinski definition) is 1. The maximum absolute atomic E-state index is 5.68. The summed E-state index contributed by atoms with van der Waals surface area (Å²) in [6.45, 7) is 2.11. The first-order valence-electron chi connectivity index (χ1n) is 5.20. The molecule has 0 aromatic rings. The third-order valence-electron chi connectivity index (χ3n) is 3.41. The van der Waals surface area contributed by atoms with Crippen LogP contribution in [0.3, 0.4) is 0 Å². The lowest BCUT2D eigenvalue weighted by molar-refractivity contribution is 0.285. The molecule has 2 fully saturated rings. The molecule has 0 bridgehead atoms. The van der Waals surface area contributed by atoms with Gasteiger partial charge in [-0.15, -0.1) is 0 Å². The van der Waals surface area contributed by atoms with Gasteiger partial charge in [-0.3, -0.25) is 0 Å². The molecule has 0 aromatic heterocycles. The van der Waals surface area contributed by atoms with Crippen molar-refractivity contribution in [3.05, 3.63) is 0 Å². The van der Waals surface area contributed by atoms with Crippen molar-refractivity contribution in [3.8, 4) is 0 Å². The summed E-state index contributed by atoms with van der Waals surface area (Å²) in [4.78, 5) is 2.51. The molecule has 12 heavy (non-hydrogen) atoms. The van der Waals surface area contributed by atoms with Crippen molar-refractivity contribution < 1.29 is 0 Å². The van der Waals surface area contributed by atoms with Crippen LogP contribution in [0.1, 0.15) is 25.7 Å². The van der Waals surface area contributed by atoms with Gasteiger partial charge in [0.05, 0.1) is 0 Å². The molecule has 2 nitrogen and oxygen atoms in total. The smallest absolute Gasteiger partial charge is 0.00985 e. The lowest BCUT2D eigenvalue weighted by Gasteiger charge is -2.18. The third kappa shape index (κ3) is 1.80. The predicted octanol–water partition coefficient (Wildman–Crippen LogP) is 1.07. The van der Waals surface area contributed by atoms with Crippen LogP contribution in [0.4, 0.5) is 0 Å². The number of likely N-dealkylation sites (tertiary alicyclic amines) is 1. The zero-order valence-electron chi connectivity index (χ0n) is 8.00. The first-order chi connectivity index (χ1) is 5.79. The lowest BCUT2D eigenvalue weighted by atomic mass is 10.0. The van der Waals surface area contributed by atoms with Gasteiger partial charge in [0, 0.05) is 12.6 Å². The van der Waals surface area contributed by atoms with Crippen LogP contribution in [0.5, 0.6) is 0 Å². The molecule has 1 saturated heterocycles. The summed E-state index contributed by atoms with van der Waals surface area (Å²) in [7, 11) is 2.25. The van der Waals surface area contributed by atoms with Gasteiger partial charge in [0.1, 0.15) is 0 Å². The minimum absolute atomic E-state index is 0.777. The quantitative estimate of drug-likeness (QED) is 0.683. The first kappa shape index (κ1) is 8.52. The highest BCUT2D eigenvalue weighted by atomic mass is 15.2. The maximum atomic E-state index is 5.68. The Bertz CT molecular complexity index is 154. The highest BCUT2D eigenvalue weighted by Gasteiger charge is 2.33. The summed E-state index contributed by atoms with van der Waals surface area (Å²) in [6, 6.07) is 0.853. The SMILES string of the molecule is CN1CC(CN)CC1CC1CC1. The van der Waals surface area contributed by atoms with Gasteiger partial charge in [-0.1, -0.05) is 12.8 Å². The molecule has 0 radical (unpaired) electrons. The van der Waals surface area contributed by atoms with Crippen molar-refractivity contribution in [1.82, 2.24) is 4.90 Å². The number of hydrogen-bond acceptors (Lipinski definition) is 2. The summed E-state index contributed by atoms with van der Waals surface area (Å²) in [6.07, 6.45) is 5.76. The topological polar surface area (TPSA) is 29.3 Å². The van der Waals surface area contributed by atoms with Gasteiger partial charge >= 0.3 is 0 Å². The highest BCUT2D eigenvalue weighted by Crippen LogP contribution is 2.37. The fraction of sp³-hybridized carbons (Fsp3) is 1.00. The number of nitrogens with zero attached hydrogens (tertiary/aromatic N) is 1. The molecule has 1 heterocycles. The van der Waals surface area contributed by atoms with Crippen molar-refractivity contribution in [1.29, 1.82) is 0 Å². The van der Waals surface area contributed by atoms with Crippen LogP contribution in [-0.4, -0.2) is 31.1 Å². The largest absolute Gasteiger partial charge is 0.330 e. The molecule has 70 valence electrons. The third-order valence-corrected chi connectivity index (χ3v) is 3.41. The van der Waals surface area contributed by atoms with E-state index in [4.69, 9.17) is 5.73 Å². The van der Waals surface area contributed by atoms with Crippen LogP contribution in [0.15, 0.2) is 0 Å². The van der Waals surface area contributed by atoms with Crippen molar-refractivity contribution in [2.45, 2.75) is 31.7 Å². The highest BCUT2D eigenvalue weighted by molar-refractivity contribution is 4.88. The zero-order valence-corrected chi connectivity index (χ0v) is 8.00. The monoisotopic (exact) mass is 168 g/mol. The first-order valence-corrected chi connectivity index (χ1v) is 5.20. The number of nitrogens with two attached hydrogens (primary N) is 1. The molecule has 1 saturated carbocycles. The van der Waals surface area contributed by atoms with E-state index in [1.54, 1.807) is 0 Å². The Morgan fingerprint density at radius 1 is 1.33 bits per heavy atom. The molecule has 0 amide bonds. The van der Waals surface area contributed by atoms with E-state index in [1.807, 2.05) is 0 Å². The molecular weight excluding hydrogens is 148 g/mol. The van der Waals surface area contributed by atoms with Crippen LogP contribution < -0.4 is 5.73 Å². The van der Waals surface area contributed by atoms with Crippen LogP contribution in [0.25, 0.3) is 0 Å². The predicted molar refractivity (Wildman–Crippen MR) is 50.9 cm³/mol. The molecule has 1 aliphatic carbocycles. The fourth-order valence-corrected chi connectivity index (χ4v) is 2.38. The maximum Gasteiger partial charge on any atom is 0.00985 e. The Morgan fingerprint density at radius 2 is 2.08 bits per heavy atom. The normalized spacial score (nSPS) is 37.5. The van der Waals surface area contributed by atoms with E-state index >= 15 is 0 Å². The summed E-state index contributed by atoms with van der Waals surface area (Å²) < 4.78 is 0. The van der Waals surface area contributed by atoms with Gasteiger partial charge < -0.3 is 10.6 Å². The van der Waals surface area contributed by atoms with Crippen molar-refractivity contribution >= 4 is 0 Å². The molecule has 2 aliphatic rings. The summed E-state index contributed by atoms with van der Waals surface area (Å²) >= 11 is 0. The molecule has 2 rings (SSSR count). The van der Waals surface area contributed by atoms with Crippen molar-refractivity contribution in [2.75, 3.05) is 20.1 Å². The molecule has 1 aliphatic heterocycles. The van der Waals surface area contributed by atoms with Gasteiger partial charge in [0.25, 0.3) is 0 Å². The Hall–Kier alpha value is -0.0800. The van der Waals surface area contributed by atoms with E-state index in [-0.39, 0.29) is 0 Å². The fourth-order valence-electron chi connectivity index (χ4n) is 2.38. The van der Waals surface area contributed by atoms with E-state index in [2.05, 4.69) is 11.9 Å². The molecule has 2 N–H and O–H groups in total. The second kappa shape index (κ2) is 3.35. The van der Waals surface area contributed by atoms with E-state index < -0.39 is 0 Å². The van der Waals surface area contributed by atoms with E-state index in [1.165, 1.54) is 32.2 Å². The minimum atomic E-state index is 0.777. The Morgan fingerprint density at radius 3 is 2.58 bits per heavy atom. The van der Waals surface area contributed by atoms with Crippen LogP contribution >= 0.6 is 0 Å². The van der Waals surface area contributed by atoms with Crippen molar-refractivity contribution in [2.24, 2.45) is 17.6 Å². The minimum Gasteiger partial charge on any atom is -0.330 e. The van der Waals surface area contributed by atoms with Crippen LogP contribution in [0.2, 0.25) is 0 Å². The summed E-state index contributed by atoms with van der Waals surface area (Å²) in [5, 5.41) is 0. The Balaban J connectivity index is 1.80. The zero-order chi connectivity index (χ0) is 8.55. The molecule has 2 unspecified atom stereocenters.